The summed E-state index contributed by atoms with van der Waals surface area (Å²) in [4.78, 5) is 2.24. The van der Waals surface area contributed by atoms with Crippen molar-refractivity contribution in [2.24, 2.45) is 0 Å². The fraction of sp³-hybridized carbons (Fsp3) is 0.0606. The molecule has 0 radical (unpaired) electrons. The Balaban J connectivity index is 0.940. The van der Waals surface area contributed by atoms with Crippen LogP contribution in [0.3, 0.4) is 0 Å². The van der Waals surface area contributed by atoms with Gasteiger partial charge >= 0.3 is 0 Å². The Morgan fingerprint density at radius 1 is 0.609 bits per heavy atom. The minimum Gasteiger partial charge on any atom is -0.489 e. The predicted molar refractivity (Wildman–Crippen MR) is 297 cm³/mol. The lowest BCUT2D eigenvalue weighted by Gasteiger charge is -2.23. The van der Waals surface area contributed by atoms with Crippen molar-refractivity contribution in [2.45, 2.75) is 19.4 Å². The molecule has 0 N–H and O–H groups in total. The van der Waals surface area contributed by atoms with E-state index in [0.29, 0.717) is 6.61 Å². The van der Waals surface area contributed by atoms with Crippen molar-refractivity contribution in [3.8, 4) is 16.9 Å². The molecule has 1 aliphatic rings. The van der Waals surface area contributed by atoms with Crippen LogP contribution in [0.2, 0.25) is 0 Å². The van der Waals surface area contributed by atoms with E-state index in [1.807, 2.05) is 18.2 Å². The standard InChI is InChI=1S/C66H54N2O/c1-3-5-25-58(47-50-22-19-46-69-66-54(33-32-50)36-34-53-24-10-12-27-61(53)66)67(57-41-38-51(39-42-57)55-40-43-60-56(48-55)37-35-52-23-9-11-26-59(52)60)45-18-21-49(4-2)20-8-6-7-17-44-68-64-30-15-13-28-62(64)63-29-14-16-31-65(63)68/h3-19,21-32,34-43,45,47-48H,1-2,20,33,44,46H2/b8-6-,17-7-,22-19-,25-5-,45-18+,49-21+,50-32+,58-47-. The minimum atomic E-state index is 0.473. The van der Waals surface area contributed by atoms with Crippen molar-refractivity contribution in [1.82, 2.24) is 4.57 Å². The van der Waals surface area contributed by atoms with Crippen LogP contribution < -0.4 is 9.64 Å². The van der Waals surface area contributed by atoms with Gasteiger partial charge < -0.3 is 14.2 Å². The number of allylic oxidation sites excluding steroid dienone is 15. The molecular formula is C66H54N2O. The smallest absolute Gasteiger partial charge is 0.131 e. The van der Waals surface area contributed by atoms with Crippen LogP contribution in [0.5, 0.6) is 5.75 Å². The first-order chi connectivity index (χ1) is 34.1. The molecule has 0 spiro atoms. The summed E-state index contributed by atoms with van der Waals surface area (Å²) in [6, 6.07) is 58.7. The van der Waals surface area contributed by atoms with Crippen molar-refractivity contribution in [1.29, 1.82) is 0 Å². The van der Waals surface area contributed by atoms with E-state index in [4.69, 9.17) is 4.74 Å². The summed E-state index contributed by atoms with van der Waals surface area (Å²) in [5, 5.41) is 9.91. The highest BCUT2D eigenvalue weighted by Gasteiger charge is 2.13. The van der Waals surface area contributed by atoms with Gasteiger partial charge in [-0.25, -0.2) is 0 Å². The van der Waals surface area contributed by atoms with E-state index in [2.05, 4.69) is 259 Å². The molecule has 0 saturated heterocycles. The van der Waals surface area contributed by atoms with Crippen LogP contribution in [-0.4, -0.2) is 11.2 Å². The van der Waals surface area contributed by atoms with Gasteiger partial charge in [0.25, 0.3) is 0 Å². The lowest BCUT2D eigenvalue weighted by Crippen LogP contribution is -2.14. The molecule has 1 aromatic heterocycles. The Morgan fingerprint density at radius 2 is 1.26 bits per heavy atom. The van der Waals surface area contributed by atoms with Crippen molar-refractivity contribution >= 4 is 59.8 Å². The molecule has 0 fully saturated rings. The number of para-hydroxylation sites is 2. The molecule has 0 amide bonds. The maximum absolute atomic E-state index is 6.41. The lowest BCUT2D eigenvalue weighted by molar-refractivity contribution is 0.364. The van der Waals surface area contributed by atoms with Gasteiger partial charge in [0, 0.05) is 51.3 Å². The summed E-state index contributed by atoms with van der Waals surface area (Å²) in [6.45, 7) is 9.48. The number of fused-ring (bicyclic) bond motifs is 9. The Hall–Kier alpha value is -8.66. The molecule has 1 aliphatic heterocycles. The van der Waals surface area contributed by atoms with Gasteiger partial charge in [0.1, 0.15) is 12.4 Å². The molecule has 0 aliphatic carbocycles. The number of anilines is 1. The van der Waals surface area contributed by atoms with Crippen LogP contribution in [0, 0.1) is 0 Å². The molecule has 3 nitrogen and oxygen atoms in total. The summed E-state index contributed by atoms with van der Waals surface area (Å²) in [5.74, 6) is 0.950. The quantitative estimate of drug-likeness (QED) is 0.0799. The molecule has 334 valence electrons. The van der Waals surface area contributed by atoms with Gasteiger partial charge in [-0.3, -0.25) is 0 Å². The number of ether oxygens (including phenoxy) is 1. The monoisotopic (exact) mass is 890 g/mol. The normalized spacial score (nSPS) is 14.9. The summed E-state index contributed by atoms with van der Waals surface area (Å²) in [7, 11) is 0. The SMILES string of the molecule is C=C\C=C/C(=C/C1=C/Cc2ccc3ccccc3c2OC/C=C\1)N(/C=C/C=C(\C=C)C/C=C\C=C/Cn1c2ccccc2c2ccccc21)c1ccc(-c2ccc3c(ccc4ccccc43)c2)cc1. The van der Waals surface area contributed by atoms with E-state index < -0.39 is 0 Å². The second-order valence-electron chi connectivity index (χ2n) is 17.2. The maximum Gasteiger partial charge on any atom is 0.131 e. The zero-order chi connectivity index (χ0) is 46.8. The zero-order valence-electron chi connectivity index (χ0n) is 38.8. The van der Waals surface area contributed by atoms with E-state index in [0.717, 1.165) is 64.2 Å². The van der Waals surface area contributed by atoms with Crippen molar-refractivity contribution in [3.05, 3.63) is 291 Å². The number of benzene rings is 8. The molecule has 0 atom stereocenters. The third-order valence-electron chi connectivity index (χ3n) is 12.9. The molecule has 3 heteroatoms. The molecule has 0 unspecified atom stereocenters. The average molecular weight is 891 g/mol. The van der Waals surface area contributed by atoms with Crippen molar-refractivity contribution in [3.63, 3.8) is 0 Å². The Kier molecular flexibility index (Phi) is 13.4. The largest absolute Gasteiger partial charge is 0.489 e. The van der Waals surface area contributed by atoms with Crippen LogP contribution in [0.15, 0.2) is 285 Å². The van der Waals surface area contributed by atoms with Gasteiger partial charge in [-0.05, 0) is 122 Å². The molecule has 0 saturated carbocycles. The van der Waals surface area contributed by atoms with Gasteiger partial charge in [0.15, 0.2) is 0 Å². The summed E-state index contributed by atoms with van der Waals surface area (Å²) < 4.78 is 8.79. The fourth-order valence-corrected chi connectivity index (χ4v) is 9.40. The average Bonchev–Trinajstić information content (AvgIpc) is 3.77. The first-order valence-electron chi connectivity index (χ1n) is 23.7. The maximum atomic E-state index is 6.41. The number of hydrogen-bond acceptors (Lipinski definition) is 2. The summed E-state index contributed by atoms with van der Waals surface area (Å²) in [6.07, 6.45) is 33.2. The van der Waals surface area contributed by atoms with Gasteiger partial charge in [-0.15, -0.1) is 0 Å². The molecule has 8 aromatic carbocycles. The summed E-state index contributed by atoms with van der Waals surface area (Å²) >= 11 is 0. The van der Waals surface area contributed by atoms with Crippen LogP contribution >= 0.6 is 0 Å². The molecule has 10 rings (SSSR count). The minimum absolute atomic E-state index is 0.473. The van der Waals surface area contributed by atoms with Crippen molar-refractivity contribution < 1.29 is 4.74 Å². The van der Waals surface area contributed by atoms with E-state index in [9.17, 15) is 0 Å². The van der Waals surface area contributed by atoms with Gasteiger partial charge in [-0.1, -0.05) is 207 Å². The Labute approximate surface area is 405 Å². The highest BCUT2D eigenvalue weighted by Crippen LogP contribution is 2.34. The second kappa shape index (κ2) is 20.9. The lowest BCUT2D eigenvalue weighted by atomic mass is 9.97. The van der Waals surface area contributed by atoms with Crippen LogP contribution in [-0.2, 0) is 13.0 Å². The predicted octanol–water partition coefficient (Wildman–Crippen LogP) is 17.3. The topological polar surface area (TPSA) is 17.4 Å². The second-order valence-corrected chi connectivity index (χ2v) is 17.2. The molecule has 9 aromatic rings. The first kappa shape index (κ1) is 44.2. The number of nitrogens with zero attached hydrogens (tertiary/aromatic N) is 2. The number of aromatic nitrogens is 1. The number of hydrogen-bond donors (Lipinski definition) is 0. The molecular weight excluding hydrogens is 837 g/mol. The highest BCUT2D eigenvalue weighted by molar-refractivity contribution is 6.09. The Bertz CT molecular complexity index is 3570. The van der Waals surface area contributed by atoms with E-state index in [1.54, 1.807) is 0 Å². The molecule has 2 heterocycles. The third kappa shape index (κ3) is 9.77. The highest BCUT2D eigenvalue weighted by atomic mass is 16.5. The number of rotatable bonds is 14. The van der Waals surface area contributed by atoms with Crippen molar-refractivity contribution in [2.75, 3.05) is 11.5 Å². The molecule has 69 heavy (non-hydrogen) atoms. The summed E-state index contributed by atoms with van der Waals surface area (Å²) in [5.41, 5.74) is 10.2. The fourth-order valence-electron chi connectivity index (χ4n) is 9.40. The van der Waals surface area contributed by atoms with E-state index >= 15 is 0 Å². The van der Waals surface area contributed by atoms with E-state index in [1.165, 1.54) is 54.3 Å². The zero-order valence-corrected chi connectivity index (χ0v) is 38.8. The third-order valence-corrected chi connectivity index (χ3v) is 12.9. The Morgan fingerprint density at radius 3 is 2.03 bits per heavy atom. The first-order valence-corrected chi connectivity index (χ1v) is 23.7. The van der Waals surface area contributed by atoms with Crippen LogP contribution in [0.25, 0.3) is 65.3 Å². The van der Waals surface area contributed by atoms with Gasteiger partial charge in [0.2, 0.25) is 0 Å². The van der Waals surface area contributed by atoms with Gasteiger partial charge in [-0.2, -0.15) is 0 Å². The van der Waals surface area contributed by atoms with Crippen LogP contribution in [0.1, 0.15) is 12.0 Å². The molecule has 0 bridgehead atoms. The van der Waals surface area contributed by atoms with Crippen LogP contribution in [0.4, 0.5) is 5.69 Å². The van der Waals surface area contributed by atoms with E-state index in [-0.39, 0.29) is 0 Å². The van der Waals surface area contributed by atoms with Gasteiger partial charge in [0.05, 0.1) is 0 Å².